The molecule has 1 aromatic rings. The second kappa shape index (κ2) is 5.90. The maximum Gasteiger partial charge on any atom is 0.404 e. The van der Waals surface area contributed by atoms with Gasteiger partial charge >= 0.3 is 6.09 Å². The summed E-state index contributed by atoms with van der Waals surface area (Å²) in [5.41, 5.74) is 8.73. The number of aryl methyl sites for hydroxylation is 1. The summed E-state index contributed by atoms with van der Waals surface area (Å²) < 4.78 is 5.26. The van der Waals surface area contributed by atoms with Gasteiger partial charge in [0.2, 0.25) is 0 Å². The molecular weight excluding hydrogens is 258 g/mol. The Labute approximate surface area is 118 Å². The molecule has 0 saturated carbocycles. The van der Waals surface area contributed by atoms with E-state index in [1.54, 1.807) is 7.11 Å². The van der Waals surface area contributed by atoms with Gasteiger partial charge in [0.15, 0.2) is 0 Å². The van der Waals surface area contributed by atoms with Crippen molar-refractivity contribution in [3.8, 4) is 5.75 Å². The minimum absolute atomic E-state index is 0.0414. The molecule has 0 aromatic heterocycles. The van der Waals surface area contributed by atoms with Gasteiger partial charge in [0, 0.05) is 30.9 Å². The second-order valence-corrected chi connectivity index (χ2v) is 5.09. The maximum absolute atomic E-state index is 10.6. The van der Waals surface area contributed by atoms with Gasteiger partial charge in [0.25, 0.3) is 0 Å². The van der Waals surface area contributed by atoms with E-state index in [0.717, 1.165) is 37.2 Å². The molecule has 1 heterocycles. The summed E-state index contributed by atoms with van der Waals surface area (Å²) >= 11 is 0. The molecule has 0 unspecified atom stereocenters. The number of piperidine rings is 1. The van der Waals surface area contributed by atoms with Gasteiger partial charge in [0.1, 0.15) is 5.75 Å². The molecule has 1 aliphatic heterocycles. The van der Waals surface area contributed by atoms with Gasteiger partial charge in [-0.3, -0.25) is 0 Å². The average molecular weight is 279 g/mol. The number of rotatable bonds is 3. The molecule has 1 aromatic carbocycles. The van der Waals surface area contributed by atoms with Gasteiger partial charge < -0.3 is 25.8 Å². The molecule has 4 N–H and O–H groups in total. The topological polar surface area (TPSA) is 87.8 Å². The molecule has 6 nitrogen and oxygen atoms in total. The molecule has 20 heavy (non-hydrogen) atoms. The Hall–Kier alpha value is -2.11. The van der Waals surface area contributed by atoms with E-state index in [0.29, 0.717) is 11.4 Å². The van der Waals surface area contributed by atoms with Crippen LogP contribution in [0.25, 0.3) is 0 Å². The van der Waals surface area contributed by atoms with Crippen LogP contribution in [-0.2, 0) is 0 Å². The number of anilines is 2. The van der Waals surface area contributed by atoms with Crippen LogP contribution in [0.3, 0.4) is 0 Å². The molecule has 6 heteroatoms. The number of nitrogens with two attached hydrogens (primary N) is 1. The van der Waals surface area contributed by atoms with Crippen LogP contribution in [0.2, 0.25) is 0 Å². The summed E-state index contributed by atoms with van der Waals surface area (Å²) in [5.74, 6) is 0.677. The van der Waals surface area contributed by atoms with Crippen molar-refractivity contribution in [2.24, 2.45) is 0 Å². The number of carboxylic acid groups (broad SMARTS) is 1. The molecule has 2 rings (SSSR count). The highest BCUT2D eigenvalue weighted by molar-refractivity contribution is 5.67. The van der Waals surface area contributed by atoms with Crippen LogP contribution in [-0.4, -0.2) is 37.4 Å². The van der Waals surface area contributed by atoms with E-state index in [-0.39, 0.29) is 6.04 Å². The largest absolute Gasteiger partial charge is 0.495 e. The van der Waals surface area contributed by atoms with Crippen molar-refractivity contribution in [2.75, 3.05) is 30.8 Å². The zero-order chi connectivity index (χ0) is 14.7. The third kappa shape index (κ3) is 3.07. The number of ether oxygens (including phenoxy) is 1. The van der Waals surface area contributed by atoms with E-state index in [1.165, 1.54) is 0 Å². The number of amides is 1. The van der Waals surface area contributed by atoms with Crippen LogP contribution in [0, 0.1) is 6.92 Å². The van der Waals surface area contributed by atoms with E-state index in [1.807, 2.05) is 19.1 Å². The number of nitrogen functional groups attached to an aromatic ring is 1. The first-order chi connectivity index (χ1) is 9.51. The highest BCUT2D eigenvalue weighted by Crippen LogP contribution is 2.32. The summed E-state index contributed by atoms with van der Waals surface area (Å²) in [6.07, 6.45) is 0.658. The normalized spacial score (nSPS) is 16.0. The van der Waals surface area contributed by atoms with Gasteiger partial charge in [-0.2, -0.15) is 0 Å². The number of benzene rings is 1. The Balaban J connectivity index is 2.08. The summed E-state index contributed by atoms with van der Waals surface area (Å²) in [4.78, 5) is 12.9. The number of nitrogens with one attached hydrogen (secondary N) is 1. The predicted octanol–water partition coefficient (Wildman–Crippen LogP) is 1.82. The molecule has 0 atom stereocenters. The molecule has 0 bridgehead atoms. The zero-order valence-electron chi connectivity index (χ0n) is 11.8. The monoisotopic (exact) mass is 279 g/mol. The van der Waals surface area contributed by atoms with E-state index >= 15 is 0 Å². The van der Waals surface area contributed by atoms with Gasteiger partial charge in [0.05, 0.1) is 12.8 Å². The fourth-order valence-electron chi connectivity index (χ4n) is 2.66. The Morgan fingerprint density at radius 2 is 2.10 bits per heavy atom. The van der Waals surface area contributed by atoms with Crippen LogP contribution in [0.1, 0.15) is 18.4 Å². The van der Waals surface area contributed by atoms with Crippen LogP contribution in [0.15, 0.2) is 12.1 Å². The number of methoxy groups -OCH3 is 1. The third-order valence-electron chi connectivity index (χ3n) is 3.71. The van der Waals surface area contributed by atoms with Gasteiger partial charge in [-0.15, -0.1) is 0 Å². The Morgan fingerprint density at radius 1 is 1.45 bits per heavy atom. The number of carbonyl (C=O) groups is 1. The minimum Gasteiger partial charge on any atom is -0.495 e. The van der Waals surface area contributed by atoms with Crippen molar-refractivity contribution in [2.45, 2.75) is 25.8 Å². The number of nitrogens with zero attached hydrogens (tertiary/aromatic N) is 1. The van der Waals surface area contributed by atoms with Crippen molar-refractivity contribution in [3.05, 3.63) is 17.7 Å². The molecule has 0 spiro atoms. The first kappa shape index (κ1) is 14.3. The fraction of sp³-hybridized carbons (Fsp3) is 0.500. The second-order valence-electron chi connectivity index (χ2n) is 5.09. The summed E-state index contributed by atoms with van der Waals surface area (Å²) in [5, 5.41) is 11.3. The highest BCUT2D eigenvalue weighted by atomic mass is 16.5. The van der Waals surface area contributed by atoms with E-state index < -0.39 is 6.09 Å². The third-order valence-corrected chi connectivity index (χ3v) is 3.71. The summed E-state index contributed by atoms with van der Waals surface area (Å²) in [7, 11) is 1.60. The molecule has 1 amide bonds. The lowest BCUT2D eigenvalue weighted by Crippen LogP contribution is -2.44. The summed E-state index contributed by atoms with van der Waals surface area (Å²) in [6, 6.07) is 3.91. The molecular formula is C14H21N3O3. The Kier molecular flexibility index (Phi) is 4.22. The van der Waals surface area contributed by atoms with Crippen molar-refractivity contribution in [1.82, 2.24) is 5.32 Å². The van der Waals surface area contributed by atoms with Crippen LogP contribution < -0.4 is 20.7 Å². The van der Waals surface area contributed by atoms with Gasteiger partial charge in [-0.05, 0) is 31.4 Å². The lowest BCUT2D eigenvalue weighted by molar-refractivity contribution is 0.187. The average Bonchev–Trinajstić information content (AvgIpc) is 2.39. The number of hydrogen-bond acceptors (Lipinski definition) is 4. The SMILES string of the molecule is COc1cc(N2CCC(NC(=O)O)CC2)c(C)cc1N. The molecule has 0 radical (unpaired) electrons. The van der Waals surface area contributed by atoms with Crippen molar-refractivity contribution >= 4 is 17.5 Å². The first-order valence-electron chi connectivity index (χ1n) is 6.69. The quantitative estimate of drug-likeness (QED) is 0.735. The lowest BCUT2D eigenvalue weighted by Gasteiger charge is -2.34. The number of hydrogen-bond donors (Lipinski definition) is 3. The minimum atomic E-state index is -0.950. The van der Waals surface area contributed by atoms with E-state index in [9.17, 15) is 4.79 Å². The van der Waals surface area contributed by atoms with Crippen LogP contribution in [0.5, 0.6) is 5.75 Å². The Bertz CT molecular complexity index is 497. The zero-order valence-corrected chi connectivity index (χ0v) is 11.8. The molecule has 1 saturated heterocycles. The molecule has 110 valence electrons. The molecule has 1 aliphatic rings. The van der Waals surface area contributed by atoms with E-state index in [2.05, 4.69) is 10.2 Å². The van der Waals surface area contributed by atoms with Crippen LogP contribution >= 0.6 is 0 Å². The predicted molar refractivity (Wildman–Crippen MR) is 78.5 cm³/mol. The standard InChI is InChI=1S/C14H21N3O3/c1-9-7-11(15)13(20-2)8-12(9)17-5-3-10(4-6-17)16-14(18)19/h7-8,10,16H,3-6,15H2,1-2H3,(H,18,19). The molecule has 1 fully saturated rings. The maximum atomic E-state index is 10.6. The van der Waals surface area contributed by atoms with Crippen molar-refractivity contribution < 1.29 is 14.6 Å². The Morgan fingerprint density at radius 3 is 2.65 bits per heavy atom. The lowest BCUT2D eigenvalue weighted by atomic mass is 10.0. The smallest absolute Gasteiger partial charge is 0.404 e. The van der Waals surface area contributed by atoms with Crippen molar-refractivity contribution in [3.63, 3.8) is 0 Å². The van der Waals surface area contributed by atoms with Crippen molar-refractivity contribution in [1.29, 1.82) is 0 Å². The highest BCUT2D eigenvalue weighted by Gasteiger charge is 2.22. The molecule has 0 aliphatic carbocycles. The fourth-order valence-corrected chi connectivity index (χ4v) is 2.66. The van der Waals surface area contributed by atoms with Crippen LogP contribution in [0.4, 0.5) is 16.2 Å². The van der Waals surface area contributed by atoms with Gasteiger partial charge in [-0.1, -0.05) is 0 Å². The first-order valence-corrected chi connectivity index (χ1v) is 6.69. The van der Waals surface area contributed by atoms with Gasteiger partial charge in [-0.25, -0.2) is 4.79 Å². The summed E-state index contributed by atoms with van der Waals surface area (Å²) in [6.45, 7) is 3.66. The van der Waals surface area contributed by atoms with E-state index in [4.69, 9.17) is 15.6 Å².